The van der Waals surface area contributed by atoms with Crippen molar-refractivity contribution in [1.82, 2.24) is 0 Å². The molecular formula is C46H26OS. The zero-order chi connectivity index (χ0) is 31.3. The number of hydrogen-bond donors (Lipinski definition) is 0. The Kier molecular flexibility index (Phi) is 5.32. The van der Waals surface area contributed by atoms with E-state index in [0.29, 0.717) is 0 Å². The third-order valence-corrected chi connectivity index (χ3v) is 11.4. The molecule has 0 saturated heterocycles. The maximum Gasteiger partial charge on any atom is 0.136 e. The van der Waals surface area contributed by atoms with Crippen LogP contribution >= 0.6 is 11.3 Å². The second-order valence-electron chi connectivity index (χ2n) is 12.8. The molecule has 0 radical (unpaired) electrons. The van der Waals surface area contributed by atoms with Crippen molar-refractivity contribution >= 4 is 85.8 Å². The Labute approximate surface area is 280 Å². The third-order valence-electron chi connectivity index (χ3n) is 10.3. The van der Waals surface area contributed by atoms with E-state index in [1.165, 1.54) is 96.6 Å². The van der Waals surface area contributed by atoms with Gasteiger partial charge in [0.05, 0.1) is 0 Å². The first-order chi connectivity index (χ1) is 23.8. The highest BCUT2D eigenvalue weighted by Crippen LogP contribution is 2.49. The Morgan fingerprint density at radius 3 is 1.75 bits per heavy atom. The predicted octanol–water partition coefficient (Wildman–Crippen LogP) is 13.9. The minimum Gasteiger partial charge on any atom is -0.456 e. The van der Waals surface area contributed by atoms with Crippen molar-refractivity contribution in [3.8, 4) is 33.4 Å². The van der Waals surface area contributed by atoms with Crippen molar-refractivity contribution in [2.75, 3.05) is 0 Å². The van der Waals surface area contributed by atoms with Gasteiger partial charge in [-0.25, -0.2) is 0 Å². The molecule has 2 heteroatoms. The summed E-state index contributed by atoms with van der Waals surface area (Å²) >= 11 is 1.87. The Bertz CT molecular complexity index is 3010. The molecule has 1 nitrogen and oxygen atoms in total. The van der Waals surface area contributed by atoms with Crippen LogP contribution in [0.3, 0.4) is 0 Å². The molecule has 0 aliphatic carbocycles. The molecule has 222 valence electrons. The van der Waals surface area contributed by atoms with Crippen molar-refractivity contribution in [2.24, 2.45) is 0 Å². The molecule has 2 heterocycles. The van der Waals surface area contributed by atoms with Gasteiger partial charge in [0.15, 0.2) is 0 Å². The summed E-state index contributed by atoms with van der Waals surface area (Å²) in [7, 11) is 0. The lowest BCUT2D eigenvalue weighted by Crippen LogP contribution is -1.93. The lowest BCUT2D eigenvalue weighted by Gasteiger charge is -2.20. The van der Waals surface area contributed by atoms with Gasteiger partial charge in [0, 0.05) is 30.9 Å². The zero-order valence-corrected chi connectivity index (χ0v) is 26.6. The molecule has 0 amide bonds. The van der Waals surface area contributed by atoms with Crippen molar-refractivity contribution in [3.63, 3.8) is 0 Å². The summed E-state index contributed by atoms with van der Waals surface area (Å²) in [6.07, 6.45) is 0. The molecule has 0 saturated carbocycles. The van der Waals surface area contributed by atoms with Gasteiger partial charge in [0.2, 0.25) is 0 Å². The van der Waals surface area contributed by atoms with Gasteiger partial charge in [0.1, 0.15) is 11.2 Å². The average Bonchev–Trinajstić information content (AvgIpc) is 3.72. The van der Waals surface area contributed by atoms with Gasteiger partial charge in [-0.15, -0.1) is 11.3 Å². The first kappa shape index (κ1) is 26.1. The molecule has 2 aromatic heterocycles. The number of rotatable bonds is 3. The molecule has 0 aliphatic rings. The second-order valence-corrected chi connectivity index (χ2v) is 13.8. The molecule has 0 fully saturated rings. The Balaban J connectivity index is 1.22. The van der Waals surface area contributed by atoms with E-state index in [2.05, 4.69) is 158 Å². The van der Waals surface area contributed by atoms with Crippen LogP contribution in [0.15, 0.2) is 162 Å². The van der Waals surface area contributed by atoms with E-state index >= 15 is 0 Å². The standard InChI is InChI=1S/C46H26OS/c1-2-13-31(29(11-1)28-21-25-42-38(26-28)30-12-7-8-19-41(30)48-42)44-32-14-3-5-16-34(32)45(35-17-6-4-15-33(35)44)36-23-24-40-46-37(36)22-20-27-10-9-18-39(47-40)43(27)46/h1-26H. The zero-order valence-electron chi connectivity index (χ0n) is 25.8. The van der Waals surface area contributed by atoms with Crippen molar-refractivity contribution in [2.45, 2.75) is 0 Å². The van der Waals surface area contributed by atoms with Crippen molar-refractivity contribution in [1.29, 1.82) is 0 Å². The Hall–Kier alpha value is -5.96. The van der Waals surface area contributed by atoms with Gasteiger partial charge in [-0.05, 0) is 102 Å². The van der Waals surface area contributed by atoms with E-state index in [0.717, 1.165) is 11.2 Å². The van der Waals surface area contributed by atoms with Crippen LogP contribution in [0, 0.1) is 0 Å². The molecular weight excluding hydrogens is 601 g/mol. The maximum absolute atomic E-state index is 6.36. The van der Waals surface area contributed by atoms with Crippen LogP contribution in [0.25, 0.3) is 108 Å². The summed E-state index contributed by atoms with van der Waals surface area (Å²) in [6, 6.07) is 57.9. The highest BCUT2D eigenvalue weighted by Gasteiger charge is 2.22. The van der Waals surface area contributed by atoms with Gasteiger partial charge in [-0.2, -0.15) is 0 Å². The van der Waals surface area contributed by atoms with Crippen LogP contribution in [-0.2, 0) is 0 Å². The Morgan fingerprint density at radius 2 is 0.979 bits per heavy atom. The topological polar surface area (TPSA) is 13.1 Å². The van der Waals surface area contributed by atoms with Crippen LogP contribution in [0.4, 0.5) is 0 Å². The number of thiophene rings is 1. The molecule has 0 atom stereocenters. The number of furan rings is 1. The normalized spacial score (nSPS) is 12.2. The van der Waals surface area contributed by atoms with Crippen LogP contribution in [0.5, 0.6) is 0 Å². The molecule has 9 aromatic carbocycles. The van der Waals surface area contributed by atoms with Crippen molar-refractivity contribution in [3.05, 3.63) is 158 Å². The van der Waals surface area contributed by atoms with E-state index in [-0.39, 0.29) is 0 Å². The van der Waals surface area contributed by atoms with E-state index in [4.69, 9.17) is 4.42 Å². The maximum atomic E-state index is 6.36. The minimum absolute atomic E-state index is 0.940. The average molecular weight is 627 g/mol. The fraction of sp³-hybridized carbons (Fsp3) is 0. The van der Waals surface area contributed by atoms with E-state index in [9.17, 15) is 0 Å². The molecule has 0 bridgehead atoms. The summed E-state index contributed by atoms with van der Waals surface area (Å²) < 4.78 is 9.01. The minimum atomic E-state index is 0.940. The number of benzene rings is 9. The number of fused-ring (bicyclic) bond motifs is 5. The molecule has 11 rings (SSSR count). The molecule has 0 spiro atoms. The molecule has 0 N–H and O–H groups in total. The first-order valence-corrected chi connectivity index (χ1v) is 17.2. The summed E-state index contributed by atoms with van der Waals surface area (Å²) in [5, 5.41) is 12.5. The lowest BCUT2D eigenvalue weighted by molar-refractivity contribution is 0.669. The van der Waals surface area contributed by atoms with E-state index in [1.807, 2.05) is 11.3 Å². The van der Waals surface area contributed by atoms with E-state index < -0.39 is 0 Å². The first-order valence-electron chi connectivity index (χ1n) is 16.4. The SMILES string of the molecule is c1ccc(-c2c3ccccc3c(-c3ccc4oc5cccc6ccc3c4c65)c3ccccc23)c(-c2ccc3sc4ccccc4c3c2)c1. The highest BCUT2D eigenvalue weighted by molar-refractivity contribution is 7.25. The summed E-state index contributed by atoms with van der Waals surface area (Å²) in [5.74, 6) is 0. The quantitative estimate of drug-likeness (QED) is 0.140. The molecule has 0 aliphatic heterocycles. The number of hydrogen-bond acceptors (Lipinski definition) is 2. The molecule has 0 unspecified atom stereocenters. The lowest BCUT2D eigenvalue weighted by atomic mass is 9.82. The van der Waals surface area contributed by atoms with Gasteiger partial charge < -0.3 is 4.42 Å². The second kappa shape index (κ2) is 9.78. The summed E-state index contributed by atoms with van der Waals surface area (Å²) in [6.45, 7) is 0. The smallest absolute Gasteiger partial charge is 0.136 e. The summed E-state index contributed by atoms with van der Waals surface area (Å²) in [4.78, 5) is 0. The van der Waals surface area contributed by atoms with Crippen LogP contribution in [-0.4, -0.2) is 0 Å². The third kappa shape index (κ3) is 3.55. The van der Waals surface area contributed by atoms with Crippen molar-refractivity contribution < 1.29 is 4.42 Å². The highest BCUT2D eigenvalue weighted by atomic mass is 32.1. The van der Waals surface area contributed by atoms with Crippen LogP contribution in [0.1, 0.15) is 0 Å². The van der Waals surface area contributed by atoms with E-state index in [1.54, 1.807) is 0 Å². The van der Waals surface area contributed by atoms with Gasteiger partial charge in [-0.3, -0.25) is 0 Å². The monoisotopic (exact) mass is 626 g/mol. The summed E-state index contributed by atoms with van der Waals surface area (Å²) in [5.41, 5.74) is 9.39. The largest absolute Gasteiger partial charge is 0.456 e. The Morgan fingerprint density at radius 1 is 0.354 bits per heavy atom. The fourth-order valence-corrected chi connectivity index (χ4v) is 9.31. The molecule has 11 aromatic rings. The van der Waals surface area contributed by atoms with Gasteiger partial charge in [-0.1, -0.05) is 121 Å². The van der Waals surface area contributed by atoms with Gasteiger partial charge >= 0.3 is 0 Å². The predicted molar refractivity (Wildman–Crippen MR) is 207 cm³/mol. The van der Waals surface area contributed by atoms with Crippen LogP contribution < -0.4 is 0 Å². The van der Waals surface area contributed by atoms with Gasteiger partial charge in [0.25, 0.3) is 0 Å². The fourth-order valence-electron chi connectivity index (χ4n) is 8.22. The van der Waals surface area contributed by atoms with Crippen LogP contribution in [0.2, 0.25) is 0 Å². The molecule has 48 heavy (non-hydrogen) atoms.